The van der Waals surface area contributed by atoms with Crippen LogP contribution >= 0.6 is 23.4 Å². The zero-order valence-electron chi connectivity index (χ0n) is 18.0. The minimum atomic E-state index is -0.562. The third kappa shape index (κ3) is 6.69. The summed E-state index contributed by atoms with van der Waals surface area (Å²) < 4.78 is 5.77. The van der Waals surface area contributed by atoms with Crippen LogP contribution in [0.5, 0.6) is 5.75 Å². The smallest absolute Gasteiger partial charge is 0.240 e. The van der Waals surface area contributed by atoms with E-state index in [-0.39, 0.29) is 18.2 Å². The van der Waals surface area contributed by atoms with Crippen molar-refractivity contribution in [2.75, 3.05) is 5.32 Å². The van der Waals surface area contributed by atoms with E-state index in [0.29, 0.717) is 28.2 Å². The summed E-state index contributed by atoms with van der Waals surface area (Å²) in [4.78, 5) is 24.4. The normalized spacial score (nSPS) is 16.6. The number of carbonyl (C=O) groups excluding carboxylic acids is 2. The standard InChI is InChI=1S/C25H21ClN4O3S/c26-20-13-18(11-12-21(20)33-16-17-7-3-1-4-8-17)15-27-30-25-29-24(32)22(34-25)14-23(31)28-19-9-5-2-6-10-19/h1-13,15,22H,14,16H2,(H,28,31)(H,29,30,32). The average molecular weight is 493 g/mol. The average Bonchev–Trinajstić information content (AvgIpc) is 3.18. The largest absolute Gasteiger partial charge is 0.487 e. The Balaban J connectivity index is 1.29. The molecule has 7 nitrogen and oxygen atoms in total. The van der Waals surface area contributed by atoms with Gasteiger partial charge in [0.05, 0.1) is 11.2 Å². The van der Waals surface area contributed by atoms with Crippen molar-refractivity contribution >= 4 is 52.2 Å². The molecule has 3 aromatic carbocycles. The minimum absolute atomic E-state index is 0.0359. The summed E-state index contributed by atoms with van der Waals surface area (Å²) in [5, 5.41) is 13.7. The van der Waals surface area contributed by atoms with E-state index in [9.17, 15) is 9.59 Å². The number of amides is 2. The second-order valence-corrected chi connectivity index (χ2v) is 8.93. The molecule has 0 bridgehead atoms. The number of thioether (sulfide) groups is 1. The number of nitrogens with zero attached hydrogens (tertiary/aromatic N) is 2. The Morgan fingerprint density at radius 3 is 2.56 bits per heavy atom. The van der Waals surface area contributed by atoms with Crippen LogP contribution in [0, 0.1) is 0 Å². The number of anilines is 1. The number of hydrogen-bond acceptors (Lipinski definition) is 6. The first kappa shape index (κ1) is 23.5. The Morgan fingerprint density at radius 1 is 1.09 bits per heavy atom. The molecule has 2 amide bonds. The maximum Gasteiger partial charge on any atom is 0.240 e. The molecule has 1 aliphatic rings. The summed E-state index contributed by atoms with van der Waals surface area (Å²) in [7, 11) is 0. The lowest BCUT2D eigenvalue weighted by Gasteiger charge is -2.08. The first-order chi connectivity index (χ1) is 16.6. The van der Waals surface area contributed by atoms with Gasteiger partial charge in [0.2, 0.25) is 11.8 Å². The molecule has 1 atom stereocenters. The maximum atomic E-state index is 12.2. The zero-order valence-corrected chi connectivity index (χ0v) is 19.6. The van der Waals surface area contributed by atoms with E-state index < -0.39 is 5.25 Å². The molecule has 1 unspecified atom stereocenters. The van der Waals surface area contributed by atoms with Gasteiger partial charge in [0.15, 0.2) is 5.17 Å². The number of nitrogens with one attached hydrogen (secondary N) is 2. The molecule has 0 aliphatic carbocycles. The van der Waals surface area contributed by atoms with Crippen LogP contribution in [-0.4, -0.2) is 28.4 Å². The number of amidine groups is 1. The summed E-state index contributed by atoms with van der Waals surface area (Å²) in [6.45, 7) is 0.420. The molecule has 9 heteroatoms. The second-order valence-electron chi connectivity index (χ2n) is 7.33. The van der Waals surface area contributed by atoms with Crippen molar-refractivity contribution in [1.29, 1.82) is 0 Å². The van der Waals surface area contributed by atoms with Gasteiger partial charge in [-0.3, -0.25) is 9.59 Å². The molecule has 2 N–H and O–H groups in total. The Kier molecular flexibility index (Phi) is 7.95. The molecule has 1 saturated heterocycles. The molecule has 4 rings (SSSR count). The van der Waals surface area contributed by atoms with Gasteiger partial charge in [0.25, 0.3) is 0 Å². The predicted octanol–water partition coefficient (Wildman–Crippen LogP) is 4.87. The SMILES string of the molecule is O=C(CC1S/C(=N/N=Cc2ccc(OCc3ccccc3)c(Cl)c2)NC1=O)Nc1ccccc1. The summed E-state index contributed by atoms with van der Waals surface area (Å²) in [5.74, 6) is 0.0576. The zero-order chi connectivity index (χ0) is 23.8. The van der Waals surface area contributed by atoms with Gasteiger partial charge in [-0.2, -0.15) is 5.10 Å². The Labute approximate surface area is 206 Å². The lowest BCUT2D eigenvalue weighted by atomic mass is 10.2. The van der Waals surface area contributed by atoms with Crippen LogP contribution in [0.1, 0.15) is 17.5 Å². The lowest BCUT2D eigenvalue weighted by molar-refractivity contribution is -0.122. The van der Waals surface area contributed by atoms with Crippen molar-refractivity contribution in [1.82, 2.24) is 5.32 Å². The fourth-order valence-electron chi connectivity index (χ4n) is 3.09. The molecule has 1 aliphatic heterocycles. The van der Waals surface area contributed by atoms with Gasteiger partial charge in [-0.15, -0.1) is 5.10 Å². The number of ether oxygens (including phenoxy) is 1. The van der Waals surface area contributed by atoms with E-state index in [1.807, 2.05) is 54.6 Å². The molecular weight excluding hydrogens is 472 g/mol. The van der Waals surface area contributed by atoms with Crippen molar-refractivity contribution in [3.05, 3.63) is 95.0 Å². The van der Waals surface area contributed by atoms with Crippen LogP contribution in [0.15, 0.2) is 89.1 Å². The van der Waals surface area contributed by atoms with Crippen molar-refractivity contribution in [3.8, 4) is 5.75 Å². The monoisotopic (exact) mass is 492 g/mol. The van der Waals surface area contributed by atoms with Crippen molar-refractivity contribution in [2.24, 2.45) is 10.2 Å². The highest BCUT2D eigenvalue weighted by molar-refractivity contribution is 8.15. The number of rotatable bonds is 8. The molecule has 34 heavy (non-hydrogen) atoms. The maximum absolute atomic E-state index is 12.2. The minimum Gasteiger partial charge on any atom is -0.487 e. The quantitative estimate of drug-likeness (QED) is 0.346. The van der Waals surface area contributed by atoms with E-state index >= 15 is 0 Å². The third-order valence-corrected chi connectivity index (χ3v) is 6.12. The van der Waals surface area contributed by atoms with Gasteiger partial charge in [0, 0.05) is 12.1 Å². The van der Waals surface area contributed by atoms with Gasteiger partial charge in [-0.1, -0.05) is 71.9 Å². The molecule has 0 radical (unpaired) electrons. The molecule has 3 aromatic rings. The summed E-state index contributed by atoms with van der Waals surface area (Å²) in [6, 6.07) is 24.2. The Morgan fingerprint density at radius 2 is 1.82 bits per heavy atom. The molecule has 1 fully saturated rings. The molecule has 0 saturated carbocycles. The highest BCUT2D eigenvalue weighted by atomic mass is 35.5. The fraction of sp³-hybridized carbons (Fsp3) is 0.120. The van der Waals surface area contributed by atoms with Crippen LogP contribution in [0.2, 0.25) is 5.02 Å². The van der Waals surface area contributed by atoms with Crippen LogP contribution < -0.4 is 15.4 Å². The van der Waals surface area contributed by atoms with Crippen LogP contribution in [-0.2, 0) is 16.2 Å². The highest BCUT2D eigenvalue weighted by Crippen LogP contribution is 2.26. The van der Waals surface area contributed by atoms with E-state index in [2.05, 4.69) is 20.8 Å². The molecule has 1 heterocycles. The van der Waals surface area contributed by atoms with Crippen molar-refractivity contribution in [3.63, 3.8) is 0 Å². The number of benzene rings is 3. The summed E-state index contributed by atoms with van der Waals surface area (Å²) in [5.41, 5.74) is 2.46. The summed E-state index contributed by atoms with van der Waals surface area (Å²) >= 11 is 7.50. The van der Waals surface area contributed by atoms with Crippen molar-refractivity contribution in [2.45, 2.75) is 18.3 Å². The van der Waals surface area contributed by atoms with Crippen LogP contribution in [0.4, 0.5) is 5.69 Å². The lowest BCUT2D eigenvalue weighted by Crippen LogP contribution is -2.28. The first-order valence-corrected chi connectivity index (χ1v) is 11.7. The number of hydrogen-bond donors (Lipinski definition) is 2. The number of carbonyl (C=O) groups is 2. The molecule has 0 aromatic heterocycles. The highest BCUT2D eigenvalue weighted by Gasteiger charge is 2.32. The first-order valence-electron chi connectivity index (χ1n) is 10.5. The second kappa shape index (κ2) is 11.5. The topological polar surface area (TPSA) is 92.2 Å². The van der Waals surface area contributed by atoms with Crippen LogP contribution in [0.25, 0.3) is 0 Å². The van der Waals surface area contributed by atoms with Gasteiger partial charge < -0.3 is 15.4 Å². The van der Waals surface area contributed by atoms with Crippen molar-refractivity contribution < 1.29 is 14.3 Å². The van der Waals surface area contributed by atoms with E-state index in [0.717, 1.165) is 11.1 Å². The molecule has 172 valence electrons. The van der Waals surface area contributed by atoms with E-state index in [4.69, 9.17) is 16.3 Å². The van der Waals surface area contributed by atoms with Gasteiger partial charge in [-0.05, 0) is 41.5 Å². The Bertz CT molecular complexity index is 1220. The number of halogens is 1. The molecular formula is C25H21ClN4O3S. The fourth-order valence-corrected chi connectivity index (χ4v) is 4.25. The third-order valence-electron chi connectivity index (χ3n) is 4.75. The Hall–Kier alpha value is -3.62. The predicted molar refractivity (Wildman–Crippen MR) is 136 cm³/mol. The van der Waals surface area contributed by atoms with E-state index in [1.165, 1.54) is 18.0 Å². The number of para-hydroxylation sites is 1. The molecule has 0 spiro atoms. The van der Waals surface area contributed by atoms with Gasteiger partial charge in [0.1, 0.15) is 17.6 Å². The summed E-state index contributed by atoms with van der Waals surface area (Å²) in [6.07, 6.45) is 1.57. The van der Waals surface area contributed by atoms with Gasteiger partial charge >= 0.3 is 0 Å². The van der Waals surface area contributed by atoms with Gasteiger partial charge in [-0.25, -0.2) is 0 Å². The van der Waals surface area contributed by atoms with E-state index in [1.54, 1.807) is 24.3 Å². The van der Waals surface area contributed by atoms with Crippen LogP contribution in [0.3, 0.4) is 0 Å².